The number of hydrogen-bond acceptors (Lipinski definition) is 3. The molecular weight excluding hydrogens is 216 g/mol. The molecule has 94 valence electrons. The Kier molecular flexibility index (Phi) is 5.01. The van der Waals surface area contributed by atoms with Gasteiger partial charge in [-0.05, 0) is 37.0 Å². The van der Waals surface area contributed by atoms with Gasteiger partial charge >= 0.3 is 5.97 Å². The molecule has 0 unspecified atom stereocenters. The smallest absolute Gasteiger partial charge is 0.341 e. The number of esters is 1. The highest BCUT2D eigenvalue weighted by Gasteiger charge is 2.14. The number of benzene rings is 1. The van der Waals surface area contributed by atoms with Gasteiger partial charge in [0.1, 0.15) is 11.3 Å². The molecule has 17 heavy (non-hydrogen) atoms. The average molecular weight is 236 g/mol. The third-order valence-electron chi connectivity index (χ3n) is 2.39. The minimum Gasteiger partial charge on any atom is -0.493 e. The second-order valence-corrected chi connectivity index (χ2v) is 4.35. The van der Waals surface area contributed by atoms with E-state index in [9.17, 15) is 4.79 Å². The summed E-state index contributed by atoms with van der Waals surface area (Å²) in [5.74, 6) is 0.796. The maximum Gasteiger partial charge on any atom is 0.341 e. The van der Waals surface area contributed by atoms with Crippen molar-refractivity contribution in [2.45, 2.75) is 27.2 Å². The Labute approximate surface area is 103 Å². The lowest BCUT2D eigenvalue weighted by atomic mass is 10.0. The Morgan fingerprint density at radius 2 is 2.06 bits per heavy atom. The van der Waals surface area contributed by atoms with Crippen molar-refractivity contribution in [3.63, 3.8) is 0 Å². The van der Waals surface area contributed by atoms with Crippen LogP contribution in [-0.2, 0) is 11.2 Å². The van der Waals surface area contributed by atoms with E-state index in [1.807, 2.05) is 25.1 Å². The molecule has 0 saturated carbocycles. The molecule has 0 amide bonds. The summed E-state index contributed by atoms with van der Waals surface area (Å²) in [5.41, 5.74) is 1.64. The Hall–Kier alpha value is -1.51. The highest BCUT2D eigenvalue weighted by Crippen LogP contribution is 2.22. The van der Waals surface area contributed by atoms with E-state index >= 15 is 0 Å². The van der Waals surface area contributed by atoms with Gasteiger partial charge in [-0.1, -0.05) is 19.9 Å². The molecule has 0 radical (unpaired) electrons. The highest BCUT2D eigenvalue weighted by atomic mass is 16.5. The minimum atomic E-state index is -0.348. The quantitative estimate of drug-likeness (QED) is 0.737. The summed E-state index contributed by atoms with van der Waals surface area (Å²) in [4.78, 5) is 11.6. The second-order valence-electron chi connectivity index (χ2n) is 4.35. The summed E-state index contributed by atoms with van der Waals surface area (Å²) in [5, 5.41) is 0. The molecule has 0 N–H and O–H groups in total. The van der Waals surface area contributed by atoms with E-state index in [0.29, 0.717) is 23.8 Å². The number of methoxy groups -OCH3 is 1. The summed E-state index contributed by atoms with van der Waals surface area (Å²) in [6.07, 6.45) is 0.941. The van der Waals surface area contributed by atoms with Crippen LogP contribution in [0.5, 0.6) is 5.75 Å². The Morgan fingerprint density at radius 1 is 1.35 bits per heavy atom. The molecule has 1 aromatic rings. The van der Waals surface area contributed by atoms with Gasteiger partial charge in [-0.3, -0.25) is 0 Å². The zero-order valence-electron chi connectivity index (χ0n) is 10.9. The first-order chi connectivity index (χ1) is 8.08. The zero-order valence-corrected chi connectivity index (χ0v) is 10.9. The second kappa shape index (κ2) is 6.28. The lowest BCUT2D eigenvalue weighted by molar-refractivity contribution is 0.0596. The predicted octanol–water partition coefficient (Wildman–Crippen LogP) is 3.07. The third kappa shape index (κ3) is 3.77. The van der Waals surface area contributed by atoms with Crippen LogP contribution in [0.2, 0.25) is 0 Å². The normalized spacial score (nSPS) is 10.4. The highest BCUT2D eigenvalue weighted by molar-refractivity contribution is 5.92. The van der Waals surface area contributed by atoms with Crippen molar-refractivity contribution in [2.24, 2.45) is 5.92 Å². The van der Waals surface area contributed by atoms with E-state index in [1.165, 1.54) is 7.11 Å². The molecule has 0 bridgehead atoms. The minimum absolute atomic E-state index is 0.348. The molecule has 0 aromatic heterocycles. The van der Waals surface area contributed by atoms with Crippen molar-refractivity contribution in [3.05, 3.63) is 29.3 Å². The van der Waals surface area contributed by atoms with Crippen molar-refractivity contribution in [2.75, 3.05) is 13.7 Å². The molecule has 0 fully saturated rings. The van der Waals surface area contributed by atoms with Gasteiger partial charge in [0.2, 0.25) is 0 Å². The van der Waals surface area contributed by atoms with Gasteiger partial charge in [0.05, 0.1) is 13.7 Å². The van der Waals surface area contributed by atoms with Crippen LogP contribution in [0.3, 0.4) is 0 Å². The van der Waals surface area contributed by atoms with Crippen molar-refractivity contribution in [1.82, 2.24) is 0 Å². The van der Waals surface area contributed by atoms with Gasteiger partial charge in [-0.25, -0.2) is 4.79 Å². The summed E-state index contributed by atoms with van der Waals surface area (Å²) >= 11 is 0. The maximum atomic E-state index is 11.6. The molecule has 1 aromatic carbocycles. The monoisotopic (exact) mass is 236 g/mol. The van der Waals surface area contributed by atoms with Gasteiger partial charge < -0.3 is 9.47 Å². The van der Waals surface area contributed by atoms with Crippen LogP contribution in [-0.4, -0.2) is 19.7 Å². The first-order valence-corrected chi connectivity index (χ1v) is 5.92. The molecule has 0 heterocycles. The van der Waals surface area contributed by atoms with Crippen molar-refractivity contribution in [1.29, 1.82) is 0 Å². The molecule has 3 nitrogen and oxygen atoms in total. The van der Waals surface area contributed by atoms with Gasteiger partial charge in [-0.2, -0.15) is 0 Å². The van der Waals surface area contributed by atoms with Crippen LogP contribution in [0.4, 0.5) is 0 Å². The number of ether oxygens (including phenoxy) is 2. The van der Waals surface area contributed by atoms with E-state index < -0.39 is 0 Å². The molecule has 0 aliphatic rings. The Morgan fingerprint density at radius 3 is 2.59 bits per heavy atom. The molecule has 0 aliphatic heterocycles. The first-order valence-electron chi connectivity index (χ1n) is 5.92. The topological polar surface area (TPSA) is 35.5 Å². The van der Waals surface area contributed by atoms with Crippen molar-refractivity contribution < 1.29 is 14.3 Å². The first kappa shape index (κ1) is 13.6. The maximum absolute atomic E-state index is 11.6. The molecule has 0 spiro atoms. The third-order valence-corrected chi connectivity index (χ3v) is 2.39. The summed E-state index contributed by atoms with van der Waals surface area (Å²) in [6.45, 7) is 6.72. The van der Waals surface area contributed by atoms with Gasteiger partial charge in [0.25, 0.3) is 0 Å². The number of hydrogen-bond donors (Lipinski definition) is 0. The van der Waals surface area contributed by atoms with E-state index in [-0.39, 0.29) is 5.97 Å². The number of rotatable bonds is 5. The van der Waals surface area contributed by atoms with Gasteiger partial charge in [-0.15, -0.1) is 0 Å². The van der Waals surface area contributed by atoms with Crippen LogP contribution in [0.25, 0.3) is 0 Å². The average Bonchev–Trinajstić information content (AvgIpc) is 2.29. The van der Waals surface area contributed by atoms with Crippen LogP contribution in [0.1, 0.15) is 36.7 Å². The lowest BCUT2D eigenvalue weighted by Gasteiger charge is -2.11. The van der Waals surface area contributed by atoms with Crippen LogP contribution >= 0.6 is 0 Å². The zero-order chi connectivity index (χ0) is 12.8. The fraction of sp³-hybridized carbons (Fsp3) is 0.500. The molecule has 3 heteroatoms. The number of carbonyl (C=O) groups is 1. The molecular formula is C14H20O3. The largest absolute Gasteiger partial charge is 0.493 e. The predicted molar refractivity (Wildman–Crippen MR) is 67.5 cm³/mol. The summed E-state index contributed by atoms with van der Waals surface area (Å²) in [7, 11) is 1.38. The van der Waals surface area contributed by atoms with Crippen LogP contribution < -0.4 is 4.74 Å². The standard InChI is InChI=1S/C14H20O3/c1-5-17-13-7-6-11(8-10(2)3)9-12(13)14(15)16-4/h6-7,9-10H,5,8H2,1-4H3. The van der Waals surface area contributed by atoms with Gasteiger partial charge in [0, 0.05) is 0 Å². The summed E-state index contributed by atoms with van der Waals surface area (Å²) in [6, 6.07) is 5.70. The van der Waals surface area contributed by atoms with E-state index in [4.69, 9.17) is 9.47 Å². The van der Waals surface area contributed by atoms with Gasteiger partial charge in [0.15, 0.2) is 0 Å². The number of carbonyl (C=O) groups excluding carboxylic acids is 1. The van der Waals surface area contributed by atoms with E-state index in [1.54, 1.807) is 0 Å². The molecule has 0 aliphatic carbocycles. The fourth-order valence-electron chi connectivity index (χ4n) is 1.73. The SMILES string of the molecule is CCOc1ccc(CC(C)C)cc1C(=O)OC. The van der Waals surface area contributed by atoms with Crippen LogP contribution in [0, 0.1) is 5.92 Å². The Bertz CT molecular complexity index is 383. The van der Waals surface area contributed by atoms with Crippen LogP contribution in [0.15, 0.2) is 18.2 Å². The van der Waals surface area contributed by atoms with Crippen molar-refractivity contribution >= 4 is 5.97 Å². The van der Waals surface area contributed by atoms with Crippen molar-refractivity contribution in [3.8, 4) is 5.75 Å². The lowest BCUT2D eigenvalue weighted by Crippen LogP contribution is -2.07. The molecule has 0 atom stereocenters. The Balaban J connectivity index is 3.05. The van der Waals surface area contributed by atoms with E-state index in [0.717, 1.165) is 12.0 Å². The molecule has 1 rings (SSSR count). The van der Waals surface area contributed by atoms with E-state index in [2.05, 4.69) is 13.8 Å². The summed E-state index contributed by atoms with van der Waals surface area (Å²) < 4.78 is 10.2. The molecule has 0 saturated heterocycles. The fourth-order valence-corrected chi connectivity index (χ4v) is 1.73.